The van der Waals surface area contributed by atoms with Crippen LogP contribution in [-0.2, 0) is 0 Å². The molecule has 3 N–H and O–H groups in total. The van der Waals surface area contributed by atoms with Crippen LogP contribution in [0.3, 0.4) is 0 Å². The second-order valence-corrected chi connectivity index (χ2v) is 3.20. The fraction of sp³-hybridized carbons (Fsp3) is 0.778. The fourth-order valence-corrected chi connectivity index (χ4v) is 0.673. The summed E-state index contributed by atoms with van der Waals surface area (Å²) < 4.78 is 0. The van der Waals surface area contributed by atoms with Gasteiger partial charge in [-0.1, -0.05) is 12.6 Å². The summed E-state index contributed by atoms with van der Waals surface area (Å²) in [4.78, 5) is 0. The normalized spacial score (nSPS) is 20.4. The number of nitriles is 1. The fourth-order valence-electron chi connectivity index (χ4n) is 0.673. The minimum Gasteiger partial charge on any atom is -0.409 e. The van der Waals surface area contributed by atoms with Gasteiger partial charge in [-0.15, -0.1) is 0 Å². The van der Waals surface area contributed by atoms with Crippen molar-refractivity contribution in [3.05, 3.63) is 0 Å². The van der Waals surface area contributed by atoms with Gasteiger partial charge in [-0.05, 0) is 25.7 Å². The van der Waals surface area contributed by atoms with E-state index in [9.17, 15) is 0 Å². The molecular weight excluding hydrogens is 166 g/mol. The van der Waals surface area contributed by atoms with Crippen LogP contribution in [0.4, 0.5) is 0 Å². The molecule has 13 heavy (non-hydrogen) atoms. The molecule has 0 atom stereocenters. The summed E-state index contributed by atoms with van der Waals surface area (Å²) in [5, 5.41) is 18.8. The van der Waals surface area contributed by atoms with Crippen molar-refractivity contribution in [2.45, 2.75) is 33.1 Å². The van der Waals surface area contributed by atoms with Gasteiger partial charge in [0.15, 0.2) is 0 Å². The molecule has 4 heteroatoms. The Morgan fingerprint density at radius 3 is 2.00 bits per heavy atom. The smallest absolute Gasteiger partial charge is 0.142 e. The van der Waals surface area contributed by atoms with E-state index in [2.05, 4.69) is 11.2 Å². The van der Waals surface area contributed by atoms with Crippen LogP contribution in [0.5, 0.6) is 0 Å². The molecular formula is C9H17N3O. The van der Waals surface area contributed by atoms with Gasteiger partial charge in [0.25, 0.3) is 0 Å². The van der Waals surface area contributed by atoms with Crippen molar-refractivity contribution in [1.29, 1.82) is 5.26 Å². The Kier molecular flexibility index (Phi) is 4.90. The molecule has 0 bridgehead atoms. The zero-order chi connectivity index (χ0) is 8.97. The molecule has 0 aromatic carbocycles. The van der Waals surface area contributed by atoms with Gasteiger partial charge in [0.2, 0.25) is 0 Å². The van der Waals surface area contributed by atoms with E-state index in [1.807, 2.05) is 0 Å². The highest BCUT2D eigenvalue weighted by Gasteiger charge is 2.25. The summed E-state index contributed by atoms with van der Waals surface area (Å²) in [5.41, 5.74) is 5.18. The van der Waals surface area contributed by atoms with Gasteiger partial charge in [0, 0.05) is 11.8 Å². The van der Waals surface area contributed by atoms with Gasteiger partial charge in [-0.25, -0.2) is 0 Å². The number of rotatable bonds is 1. The quantitative estimate of drug-likeness (QED) is 0.281. The number of hydrogen-bond acceptors (Lipinski definition) is 3. The third kappa shape index (κ3) is 5.07. The van der Waals surface area contributed by atoms with Gasteiger partial charge in [-0.2, -0.15) is 5.26 Å². The first-order valence-corrected chi connectivity index (χ1v) is 4.15. The van der Waals surface area contributed by atoms with Crippen LogP contribution >= 0.6 is 0 Å². The lowest BCUT2D eigenvalue weighted by Crippen LogP contribution is -2.12. The monoisotopic (exact) mass is 183 g/mol. The average Bonchev–Trinajstić information content (AvgIpc) is 2.90. The van der Waals surface area contributed by atoms with E-state index in [0.29, 0.717) is 17.7 Å². The van der Waals surface area contributed by atoms with Crippen LogP contribution < -0.4 is 5.73 Å². The average molecular weight is 183 g/mol. The predicted molar refractivity (Wildman–Crippen MR) is 51.2 cm³/mol. The number of oxime groups is 1. The number of nitrogens with two attached hydrogens (primary N) is 1. The Labute approximate surface area is 79.0 Å². The summed E-state index contributed by atoms with van der Waals surface area (Å²) in [6, 6.07) is 2.14. The van der Waals surface area contributed by atoms with Crippen LogP contribution in [0.1, 0.15) is 33.1 Å². The molecule has 2 fully saturated rings. The lowest BCUT2D eigenvalue weighted by atomic mass is 10.4. The molecule has 0 aliphatic heterocycles. The van der Waals surface area contributed by atoms with E-state index >= 15 is 0 Å². The first-order chi connectivity index (χ1) is 5.77. The molecule has 4 nitrogen and oxygen atoms in total. The molecule has 0 amide bonds. The lowest BCUT2D eigenvalue weighted by Gasteiger charge is -1.85. The highest BCUT2D eigenvalue weighted by molar-refractivity contribution is 5.84. The lowest BCUT2D eigenvalue weighted by molar-refractivity contribution is 0.316. The highest BCUT2D eigenvalue weighted by Crippen LogP contribution is 2.28. The predicted octanol–water partition coefficient (Wildman–Crippen LogP) is 1.70. The van der Waals surface area contributed by atoms with Crippen molar-refractivity contribution >= 4 is 5.84 Å². The van der Waals surface area contributed by atoms with Crippen molar-refractivity contribution in [1.82, 2.24) is 0 Å². The molecule has 0 unspecified atom stereocenters. The van der Waals surface area contributed by atoms with Crippen molar-refractivity contribution < 1.29 is 5.21 Å². The van der Waals surface area contributed by atoms with E-state index in [4.69, 9.17) is 16.2 Å². The maximum atomic E-state index is 8.01. The molecule has 2 saturated carbocycles. The van der Waals surface area contributed by atoms with Crippen molar-refractivity contribution in [3.8, 4) is 6.07 Å². The van der Waals surface area contributed by atoms with Crippen LogP contribution in [-0.4, -0.2) is 11.0 Å². The van der Waals surface area contributed by atoms with E-state index in [1.165, 1.54) is 0 Å². The summed E-state index contributed by atoms with van der Waals surface area (Å²) in [6.45, 7) is 0. The zero-order valence-corrected chi connectivity index (χ0v) is 6.90. The van der Waals surface area contributed by atoms with Crippen molar-refractivity contribution in [2.24, 2.45) is 22.7 Å². The van der Waals surface area contributed by atoms with E-state index in [1.54, 1.807) is 0 Å². The first kappa shape index (κ1) is 11.8. The van der Waals surface area contributed by atoms with Gasteiger partial charge in [0.05, 0.1) is 6.07 Å². The third-order valence-electron chi connectivity index (χ3n) is 1.87. The largest absolute Gasteiger partial charge is 0.409 e. The van der Waals surface area contributed by atoms with Gasteiger partial charge in [0.1, 0.15) is 5.84 Å². The van der Waals surface area contributed by atoms with Crippen molar-refractivity contribution in [3.63, 3.8) is 0 Å². The Bertz CT molecular complexity index is 211. The van der Waals surface area contributed by atoms with Crippen LogP contribution in [0.15, 0.2) is 5.16 Å². The van der Waals surface area contributed by atoms with Crippen LogP contribution in [0.25, 0.3) is 0 Å². The summed E-state index contributed by atoms with van der Waals surface area (Å²) in [7, 11) is 0. The molecule has 0 saturated heterocycles. The second-order valence-electron chi connectivity index (χ2n) is 3.20. The molecule has 0 radical (unpaired) electrons. The Morgan fingerprint density at radius 1 is 1.38 bits per heavy atom. The topological polar surface area (TPSA) is 82.4 Å². The van der Waals surface area contributed by atoms with Crippen LogP contribution in [0.2, 0.25) is 0 Å². The first-order valence-electron chi connectivity index (χ1n) is 4.15. The molecule has 2 aliphatic rings. The molecule has 0 heterocycles. The molecule has 0 spiro atoms. The Balaban J connectivity index is 0.000000215. The number of hydrogen-bond donors (Lipinski definition) is 2. The van der Waals surface area contributed by atoms with Gasteiger partial charge >= 0.3 is 0 Å². The maximum absolute atomic E-state index is 8.01. The van der Waals surface area contributed by atoms with Crippen molar-refractivity contribution in [2.75, 3.05) is 0 Å². The molecule has 2 rings (SSSR count). The van der Waals surface area contributed by atoms with E-state index in [0.717, 1.165) is 25.7 Å². The Hall–Kier alpha value is -1.24. The summed E-state index contributed by atoms with van der Waals surface area (Å²) >= 11 is 0. The second kappa shape index (κ2) is 5.41. The van der Waals surface area contributed by atoms with E-state index in [-0.39, 0.29) is 7.43 Å². The van der Waals surface area contributed by atoms with Crippen LogP contribution in [0, 0.1) is 23.2 Å². The standard InChI is InChI=1S/C4H8N2O.C4H5N.CH4/c5-4(6-7)3-1-2-3;5-3-4-1-2-4;/h3,7H,1-2H2,(H2,5,6);4H,1-2H2;1H4. The third-order valence-corrected chi connectivity index (χ3v) is 1.87. The van der Waals surface area contributed by atoms with Gasteiger partial charge < -0.3 is 10.9 Å². The van der Waals surface area contributed by atoms with Gasteiger partial charge in [-0.3, -0.25) is 0 Å². The zero-order valence-electron chi connectivity index (χ0n) is 6.90. The molecule has 0 aromatic heterocycles. The molecule has 2 aliphatic carbocycles. The minimum atomic E-state index is 0. The molecule has 74 valence electrons. The van der Waals surface area contributed by atoms with E-state index < -0.39 is 0 Å². The Morgan fingerprint density at radius 2 is 1.92 bits per heavy atom. The maximum Gasteiger partial charge on any atom is 0.142 e. The number of amidine groups is 1. The molecule has 0 aromatic rings. The SMILES string of the molecule is C.N#CC1CC1.N/C(=N\O)C1CC1. The summed E-state index contributed by atoms with van der Waals surface area (Å²) in [6.07, 6.45) is 4.48. The minimum absolute atomic E-state index is 0. The number of nitrogens with zero attached hydrogens (tertiary/aromatic N) is 2. The summed E-state index contributed by atoms with van der Waals surface area (Å²) in [5.74, 6) is 1.22. The highest BCUT2D eigenvalue weighted by atomic mass is 16.4.